The molecule has 0 amide bonds. The number of halogens is 1. The molecule has 0 heterocycles. The Balaban J connectivity index is 3.08. The molecule has 5 nitrogen and oxygen atoms in total. The zero-order valence-corrected chi connectivity index (χ0v) is 11.0. The lowest BCUT2D eigenvalue weighted by Crippen LogP contribution is -2.15. The van der Waals surface area contributed by atoms with E-state index in [1.807, 2.05) is 0 Å². The van der Waals surface area contributed by atoms with E-state index in [0.717, 1.165) is 0 Å². The van der Waals surface area contributed by atoms with Gasteiger partial charge in [0, 0.05) is 5.56 Å². The minimum absolute atomic E-state index is 0.0449. The van der Waals surface area contributed by atoms with Gasteiger partial charge in [0.05, 0.1) is 18.2 Å². The van der Waals surface area contributed by atoms with Gasteiger partial charge in [-0.15, -0.1) is 0 Å². The Morgan fingerprint density at radius 2 is 2.18 bits per heavy atom. The van der Waals surface area contributed by atoms with Crippen LogP contribution in [-0.2, 0) is 9.53 Å². The van der Waals surface area contributed by atoms with Crippen molar-refractivity contribution in [2.45, 2.75) is 13.0 Å². The zero-order valence-electron chi connectivity index (χ0n) is 9.44. The number of carbonyl (C=O) groups is 1. The number of methoxy groups -OCH3 is 1. The Bertz CT molecular complexity index is 419. The zero-order chi connectivity index (χ0) is 13.0. The highest BCUT2D eigenvalue weighted by molar-refractivity contribution is 9.10. The van der Waals surface area contributed by atoms with Crippen LogP contribution in [0.5, 0.6) is 11.5 Å². The average molecular weight is 305 g/mol. The first-order valence-electron chi connectivity index (χ1n) is 4.92. The highest BCUT2D eigenvalue weighted by Gasteiger charge is 2.23. The van der Waals surface area contributed by atoms with Crippen LogP contribution in [0.2, 0.25) is 0 Å². The van der Waals surface area contributed by atoms with E-state index in [1.54, 1.807) is 6.92 Å². The van der Waals surface area contributed by atoms with Crippen molar-refractivity contribution in [2.24, 2.45) is 0 Å². The monoisotopic (exact) mass is 304 g/mol. The normalized spacial score (nSPS) is 12.0. The van der Waals surface area contributed by atoms with Crippen LogP contribution in [0, 0.1) is 0 Å². The van der Waals surface area contributed by atoms with Crippen LogP contribution >= 0.6 is 15.9 Å². The summed E-state index contributed by atoms with van der Waals surface area (Å²) in [5.74, 6) is -0.619. The smallest absolute Gasteiger partial charge is 0.339 e. The largest absolute Gasteiger partial charge is 0.508 e. The molecule has 0 bridgehead atoms. The molecule has 0 aliphatic rings. The van der Waals surface area contributed by atoms with E-state index in [-0.39, 0.29) is 17.9 Å². The van der Waals surface area contributed by atoms with Crippen molar-refractivity contribution in [1.82, 2.24) is 0 Å². The number of hydrogen-bond donors (Lipinski definition) is 2. The molecule has 0 fully saturated rings. The summed E-state index contributed by atoms with van der Waals surface area (Å²) in [4.78, 5) is 11.3. The lowest BCUT2D eigenvalue weighted by Gasteiger charge is -2.13. The van der Waals surface area contributed by atoms with Gasteiger partial charge in [0.2, 0.25) is 0 Å². The summed E-state index contributed by atoms with van der Waals surface area (Å²) in [6.45, 7) is 1.79. The molecule has 0 aliphatic heterocycles. The quantitative estimate of drug-likeness (QED) is 0.829. The summed E-state index contributed by atoms with van der Waals surface area (Å²) in [5.41, 5.74) is 0.0449. The van der Waals surface area contributed by atoms with Gasteiger partial charge >= 0.3 is 5.97 Å². The van der Waals surface area contributed by atoms with E-state index in [9.17, 15) is 15.0 Å². The molecule has 0 aliphatic carbocycles. The summed E-state index contributed by atoms with van der Waals surface area (Å²) in [7, 11) is 1.44. The van der Waals surface area contributed by atoms with Crippen LogP contribution < -0.4 is 4.74 Å². The van der Waals surface area contributed by atoms with Crippen molar-refractivity contribution >= 4 is 21.9 Å². The third-order valence-electron chi connectivity index (χ3n) is 2.11. The molecule has 1 aromatic rings. The van der Waals surface area contributed by atoms with Crippen LogP contribution in [0.1, 0.15) is 18.6 Å². The third-order valence-corrected chi connectivity index (χ3v) is 2.73. The fourth-order valence-corrected chi connectivity index (χ4v) is 1.78. The van der Waals surface area contributed by atoms with E-state index >= 15 is 0 Å². The molecule has 1 atom stereocenters. The lowest BCUT2D eigenvalue weighted by atomic mass is 10.1. The van der Waals surface area contributed by atoms with Crippen LogP contribution in [0.15, 0.2) is 16.6 Å². The van der Waals surface area contributed by atoms with Crippen molar-refractivity contribution < 1.29 is 24.5 Å². The van der Waals surface area contributed by atoms with Gasteiger partial charge in [-0.25, -0.2) is 4.79 Å². The molecular formula is C11H13BrO5. The number of esters is 1. The van der Waals surface area contributed by atoms with Gasteiger partial charge < -0.3 is 19.7 Å². The summed E-state index contributed by atoms with van der Waals surface area (Å²) in [6.07, 6.45) is -1.53. The molecule has 1 aromatic carbocycles. The van der Waals surface area contributed by atoms with Gasteiger partial charge in [0.25, 0.3) is 0 Å². The summed E-state index contributed by atoms with van der Waals surface area (Å²) < 4.78 is 10.2. The molecule has 0 radical (unpaired) electrons. The Labute approximate surface area is 107 Å². The molecule has 6 heteroatoms. The van der Waals surface area contributed by atoms with Crippen molar-refractivity contribution in [3.63, 3.8) is 0 Å². The first-order chi connectivity index (χ1) is 8.01. The number of ether oxygens (including phenoxy) is 2. The fraction of sp³-hybridized carbons (Fsp3) is 0.364. The van der Waals surface area contributed by atoms with Crippen LogP contribution in [0.25, 0.3) is 0 Å². The molecule has 1 unspecified atom stereocenters. The number of hydrogen-bond acceptors (Lipinski definition) is 5. The number of aliphatic hydroxyl groups is 1. The highest BCUT2D eigenvalue weighted by atomic mass is 79.9. The van der Waals surface area contributed by atoms with Crippen molar-refractivity contribution in [2.75, 3.05) is 13.7 Å². The van der Waals surface area contributed by atoms with Crippen LogP contribution in [0.3, 0.4) is 0 Å². The van der Waals surface area contributed by atoms with E-state index in [2.05, 4.69) is 20.7 Å². The van der Waals surface area contributed by atoms with Crippen LogP contribution in [0.4, 0.5) is 0 Å². The van der Waals surface area contributed by atoms with E-state index in [4.69, 9.17) is 4.74 Å². The molecule has 2 N–H and O–H groups in total. The van der Waals surface area contributed by atoms with Crippen molar-refractivity contribution in [1.29, 1.82) is 0 Å². The number of aromatic hydroxyl groups is 1. The topological polar surface area (TPSA) is 76.0 Å². The maximum absolute atomic E-state index is 11.3. The maximum atomic E-state index is 11.3. The Morgan fingerprint density at radius 1 is 1.53 bits per heavy atom. The fourth-order valence-electron chi connectivity index (χ4n) is 1.28. The van der Waals surface area contributed by atoms with Gasteiger partial charge in [-0.05, 0) is 35.0 Å². The second-order valence-corrected chi connectivity index (χ2v) is 4.05. The Morgan fingerprint density at radius 3 is 2.71 bits per heavy atom. The second kappa shape index (κ2) is 5.88. The van der Waals surface area contributed by atoms with Gasteiger partial charge in [-0.3, -0.25) is 0 Å². The van der Waals surface area contributed by atoms with Gasteiger partial charge in [-0.1, -0.05) is 0 Å². The highest BCUT2D eigenvalue weighted by Crippen LogP contribution is 2.35. The Kier molecular flexibility index (Phi) is 4.77. The summed E-state index contributed by atoms with van der Waals surface area (Å²) in [5, 5.41) is 19.4. The maximum Gasteiger partial charge on any atom is 0.339 e. The Hall–Kier alpha value is -1.27. The predicted octanol–water partition coefficient (Wildman–Crippen LogP) is 1.76. The number of aliphatic hydroxyl groups excluding tert-OH is 1. The number of carbonyl (C=O) groups excluding carboxylic acids is 1. The standard InChI is InChI=1S/C11H13BrO5/c1-3-17-11(15)10(14)6-4-9(16-2)7(12)5-8(6)13/h4-5,10,13-14H,3H2,1-2H3. The second-order valence-electron chi connectivity index (χ2n) is 3.20. The molecule has 0 saturated carbocycles. The minimum atomic E-state index is -1.53. The summed E-state index contributed by atoms with van der Waals surface area (Å²) in [6, 6.07) is 2.72. The van der Waals surface area contributed by atoms with Crippen molar-refractivity contribution in [3.8, 4) is 11.5 Å². The van der Waals surface area contributed by atoms with Gasteiger partial charge in [0.15, 0.2) is 6.10 Å². The van der Waals surface area contributed by atoms with E-state index < -0.39 is 12.1 Å². The molecule has 0 spiro atoms. The molecular weight excluding hydrogens is 292 g/mol. The minimum Gasteiger partial charge on any atom is -0.508 e. The van der Waals surface area contributed by atoms with Gasteiger partial charge in [-0.2, -0.15) is 0 Å². The lowest BCUT2D eigenvalue weighted by molar-refractivity contribution is -0.153. The number of phenols is 1. The predicted molar refractivity (Wildman–Crippen MR) is 64.0 cm³/mol. The molecule has 94 valence electrons. The SMILES string of the molecule is CCOC(=O)C(O)c1cc(OC)c(Br)cc1O. The average Bonchev–Trinajstić information content (AvgIpc) is 2.29. The van der Waals surface area contributed by atoms with Crippen molar-refractivity contribution in [3.05, 3.63) is 22.2 Å². The first-order valence-corrected chi connectivity index (χ1v) is 5.71. The molecule has 0 aromatic heterocycles. The third kappa shape index (κ3) is 3.10. The number of rotatable bonds is 4. The molecule has 0 saturated heterocycles. The number of benzene rings is 1. The first kappa shape index (κ1) is 13.8. The van der Waals surface area contributed by atoms with E-state index in [0.29, 0.717) is 10.2 Å². The van der Waals surface area contributed by atoms with Gasteiger partial charge in [0.1, 0.15) is 11.5 Å². The summed E-state index contributed by atoms with van der Waals surface area (Å²) >= 11 is 3.18. The van der Waals surface area contributed by atoms with Crippen LogP contribution in [-0.4, -0.2) is 29.9 Å². The molecule has 1 rings (SSSR count). The number of phenolic OH excluding ortho intramolecular Hbond substituents is 1. The molecule has 17 heavy (non-hydrogen) atoms. The van der Waals surface area contributed by atoms with E-state index in [1.165, 1.54) is 19.2 Å².